The van der Waals surface area contributed by atoms with Gasteiger partial charge in [-0.2, -0.15) is 0 Å². The highest BCUT2D eigenvalue weighted by atomic mass is 16.5. The van der Waals surface area contributed by atoms with Gasteiger partial charge >= 0.3 is 5.63 Å². The molecule has 1 heterocycles. The molecule has 0 spiro atoms. The van der Waals surface area contributed by atoms with Gasteiger partial charge in [0, 0.05) is 30.1 Å². The summed E-state index contributed by atoms with van der Waals surface area (Å²) in [6, 6.07) is 14.9. The summed E-state index contributed by atoms with van der Waals surface area (Å²) in [4.78, 5) is 26.5. The van der Waals surface area contributed by atoms with Crippen molar-refractivity contribution in [1.29, 1.82) is 0 Å². The SMILES string of the molecule is CCc1cc(=O)oc2cc(OCC(=O)N(Cc3ccc(OC)cc3)C3CC3)ccc12. The van der Waals surface area contributed by atoms with Crippen LogP contribution in [0.1, 0.15) is 30.9 Å². The van der Waals surface area contributed by atoms with E-state index in [0.717, 1.165) is 41.5 Å². The van der Waals surface area contributed by atoms with E-state index in [1.54, 1.807) is 19.2 Å². The van der Waals surface area contributed by atoms with Crippen LogP contribution >= 0.6 is 0 Å². The number of hydrogen-bond donors (Lipinski definition) is 0. The highest BCUT2D eigenvalue weighted by Crippen LogP contribution is 2.29. The van der Waals surface area contributed by atoms with Gasteiger partial charge in [-0.05, 0) is 54.7 Å². The number of fused-ring (bicyclic) bond motifs is 1. The lowest BCUT2D eigenvalue weighted by Gasteiger charge is -2.23. The van der Waals surface area contributed by atoms with Gasteiger partial charge in [0.1, 0.15) is 17.1 Å². The molecule has 0 N–H and O–H groups in total. The molecule has 0 atom stereocenters. The van der Waals surface area contributed by atoms with Gasteiger partial charge < -0.3 is 18.8 Å². The first-order chi connectivity index (χ1) is 14.6. The number of ether oxygens (including phenoxy) is 2. The Balaban J connectivity index is 1.45. The molecule has 2 aromatic carbocycles. The number of carbonyl (C=O) groups is 1. The molecule has 1 aromatic heterocycles. The van der Waals surface area contributed by atoms with Crippen molar-refractivity contribution < 1.29 is 18.7 Å². The second-order valence-corrected chi connectivity index (χ2v) is 7.49. The standard InChI is InChI=1S/C24H25NO5/c1-3-17-12-24(27)30-22-13-20(10-11-21(17)22)29-15-23(26)25(18-6-7-18)14-16-4-8-19(28-2)9-5-16/h4-5,8-13,18H,3,6-7,14-15H2,1-2H3. The molecule has 4 rings (SSSR count). The highest BCUT2D eigenvalue weighted by molar-refractivity contribution is 5.82. The molecule has 1 aliphatic carbocycles. The molecule has 1 fully saturated rings. The monoisotopic (exact) mass is 407 g/mol. The van der Waals surface area contributed by atoms with Crippen molar-refractivity contribution >= 4 is 16.9 Å². The van der Waals surface area contributed by atoms with Crippen molar-refractivity contribution in [3.63, 3.8) is 0 Å². The quantitative estimate of drug-likeness (QED) is 0.529. The minimum Gasteiger partial charge on any atom is -0.497 e. The fourth-order valence-corrected chi connectivity index (χ4v) is 3.56. The lowest BCUT2D eigenvalue weighted by atomic mass is 10.1. The maximum atomic E-state index is 12.8. The number of amides is 1. The molecular formula is C24H25NO5. The predicted octanol–water partition coefficient (Wildman–Crippen LogP) is 3.93. The third-order valence-electron chi connectivity index (χ3n) is 5.36. The predicted molar refractivity (Wildman–Crippen MR) is 114 cm³/mol. The van der Waals surface area contributed by atoms with Crippen molar-refractivity contribution in [2.45, 2.75) is 38.8 Å². The summed E-state index contributed by atoms with van der Waals surface area (Å²) in [6.07, 6.45) is 2.77. The van der Waals surface area contributed by atoms with E-state index >= 15 is 0 Å². The van der Waals surface area contributed by atoms with Crippen molar-refractivity contribution in [3.05, 3.63) is 70.1 Å². The number of carbonyl (C=O) groups excluding carboxylic acids is 1. The fraction of sp³-hybridized carbons (Fsp3) is 0.333. The first-order valence-corrected chi connectivity index (χ1v) is 10.2. The first kappa shape index (κ1) is 20.0. The molecule has 0 radical (unpaired) electrons. The van der Waals surface area contributed by atoms with Crippen LogP contribution < -0.4 is 15.1 Å². The van der Waals surface area contributed by atoms with Gasteiger partial charge in [-0.1, -0.05) is 19.1 Å². The van der Waals surface area contributed by atoms with Crippen LogP contribution in [0.4, 0.5) is 0 Å². The molecule has 3 aromatic rings. The van der Waals surface area contributed by atoms with E-state index in [2.05, 4.69) is 0 Å². The molecule has 0 saturated heterocycles. The lowest BCUT2D eigenvalue weighted by Crippen LogP contribution is -2.36. The Labute approximate surface area is 175 Å². The molecule has 156 valence electrons. The Morgan fingerprint density at radius 1 is 1.10 bits per heavy atom. The molecule has 0 unspecified atom stereocenters. The minimum absolute atomic E-state index is 0.0582. The van der Waals surface area contributed by atoms with E-state index in [4.69, 9.17) is 13.9 Å². The number of hydrogen-bond acceptors (Lipinski definition) is 5. The summed E-state index contributed by atoms with van der Waals surface area (Å²) in [5, 5.41) is 0.884. The van der Waals surface area contributed by atoms with Crippen molar-refractivity contribution in [2.24, 2.45) is 0 Å². The van der Waals surface area contributed by atoms with E-state index in [1.165, 1.54) is 6.07 Å². The Hall–Kier alpha value is -3.28. The third-order valence-corrected chi connectivity index (χ3v) is 5.36. The third kappa shape index (κ3) is 4.48. The van der Waals surface area contributed by atoms with Gasteiger partial charge in [0.15, 0.2) is 6.61 Å². The zero-order valence-electron chi connectivity index (χ0n) is 17.2. The zero-order valence-corrected chi connectivity index (χ0v) is 17.2. The molecule has 0 aliphatic heterocycles. The molecule has 1 amide bonds. The maximum Gasteiger partial charge on any atom is 0.336 e. The highest BCUT2D eigenvalue weighted by Gasteiger charge is 2.32. The molecule has 30 heavy (non-hydrogen) atoms. The van der Waals surface area contributed by atoms with E-state index in [-0.39, 0.29) is 24.2 Å². The summed E-state index contributed by atoms with van der Waals surface area (Å²) in [7, 11) is 1.63. The largest absolute Gasteiger partial charge is 0.497 e. The van der Waals surface area contributed by atoms with Crippen LogP contribution in [0.25, 0.3) is 11.0 Å². The van der Waals surface area contributed by atoms with Crippen molar-refractivity contribution in [3.8, 4) is 11.5 Å². The number of aryl methyl sites for hydroxylation is 1. The number of methoxy groups -OCH3 is 1. The van der Waals surface area contributed by atoms with Crippen molar-refractivity contribution in [1.82, 2.24) is 4.90 Å². The van der Waals surface area contributed by atoms with Crippen LogP contribution in [0.2, 0.25) is 0 Å². The van der Waals surface area contributed by atoms with Crippen LogP contribution in [0.15, 0.2) is 57.7 Å². The Bertz CT molecular complexity index is 1100. The molecular weight excluding hydrogens is 382 g/mol. The second kappa shape index (κ2) is 8.61. The van der Waals surface area contributed by atoms with Gasteiger partial charge in [0.05, 0.1) is 7.11 Å². The number of rotatable bonds is 8. The van der Waals surface area contributed by atoms with E-state index in [9.17, 15) is 9.59 Å². The Kier molecular flexibility index (Phi) is 5.74. The summed E-state index contributed by atoms with van der Waals surface area (Å²) in [5.41, 5.74) is 2.08. The smallest absolute Gasteiger partial charge is 0.336 e. The average molecular weight is 407 g/mol. The molecule has 6 nitrogen and oxygen atoms in total. The van der Waals surface area contributed by atoms with Gasteiger partial charge in [-0.15, -0.1) is 0 Å². The minimum atomic E-state index is -0.382. The average Bonchev–Trinajstić information content (AvgIpc) is 3.60. The van der Waals surface area contributed by atoms with E-state index in [1.807, 2.05) is 42.2 Å². The molecule has 6 heteroatoms. The summed E-state index contributed by atoms with van der Waals surface area (Å²) in [5.74, 6) is 1.24. The van der Waals surface area contributed by atoms with Crippen LogP contribution in [-0.2, 0) is 17.8 Å². The van der Waals surface area contributed by atoms with Gasteiger partial charge in [0.25, 0.3) is 5.91 Å². The first-order valence-electron chi connectivity index (χ1n) is 10.2. The molecule has 0 bridgehead atoms. The summed E-state index contributed by atoms with van der Waals surface area (Å²) in [6.45, 7) is 2.48. The Morgan fingerprint density at radius 3 is 2.50 bits per heavy atom. The van der Waals surface area contributed by atoms with Gasteiger partial charge in [-0.3, -0.25) is 4.79 Å². The molecule has 1 aliphatic rings. The summed E-state index contributed by atoms with van der Waals surface area (Å²) >= 11 is 0. The van der Waals surface area contributed by atoms with Gasteiger partial charge in [-0.25, -0.2) is 4.79 Å². The number of nitrogens with zero attached hydrogens (tertiary/aromatic N) is 1. The van der Waals surface area contributed by atoms with Crippen LogP contribution in [0.5, 0.6) is 11.5 Å². The van der Waals surface area contributed by atoms with E-state index in [0.29, 0.717) is 17.9 Å². The normalized spacial score (nSPS) is 13.3. The van der Waals surface area contributed by atoms with Crippen LogP contribution in [0, 0.1) is 0 Å². The van der Waals surface area contributed by atoms with Gasteiger partial charge in [0.2, 0.25) is 0 Å². The van der Waals surface area contributed by atoms with Crippen LogP contribution in [-0.4, -0.2) is 30.6 Å². The second-order valence-electron chi connectivity index (χ2n) is 7.49. The fourth-order valence-electron chi connectivity index (χ4n) is 3.56. The molecule has 1 saturated carbocycles. The maximum absolute atomic E-state index is 12.8. The van der Waals surface area contributed by atoms with Crippen molar-refractivity contribution in [2.75, 3.05) is 13.7 Å². The van der Waals surface area contributed by atoms with Crippen LogP contribution in [0.3, 0.4) is 0 Å². The summed E-state index contributed by atoms with van der Waals surface area (Å²) < 4.78 is 16.2. The topological polar surface area (TPSA) is 69.0 Å². The Morgan fingerprint density at radius 2 is 1.83 bits per heavy atom. The van der Waals surface area contributed by atoms with E-state index < -0.39 is 0 Å². The zero-order chi connectivity index (χ0) is 21.1. The number of benzene rings is 2. The lowest BCUT2D eigenvalue weighted by molar-refractivity contribution is -0.134.